The molecule has 0 spiro atoms. The SMILES string of the molecule is Cc1ccc2c(c1)[C@@H](O)CC[C@H]2NC(=O)c1ccc(C(F)(F)F)[nH]c1=O. The third kappa shape index (κ3) is 3.50. The van der Waals surface area contributed by atoms with Crippen LogP contribution in [0.5, 0.6) is 0 Å². The van der Waals surface area contributed by atoms with Crippen LogP contribution < -0.4 is 10.9 Å². The molecule has 0 saturated heterocycles. The molecule has 8 heteroatoms. The van der Waals surface area contributed by atoms with Gasteiger partial charge in [-0.3, -0.25) is 9.59 Å². The van der Waals surface area contributed by atoms with Gasteiger partial charge in [0.2, 0.25) is 0 Å². The van der Waals surface area contributed by atoms with Gasteiger partial charge in [0.05, 0.1) is 12.1 Å². The van der Waals surface area contributed by atoms with Crippen LogP contribution in [0.1, 0.15) is 57.7 Å². The van der Waals surface area contributed by atoms with Crippen molar-refractivity contribution in [3.8, 4) is 0 Å². The molecule has 0 unspecified atom stereocenters. The molecule has 0 radical (unpaired) electrons. The zero-order valence-electron chi connectivity index (χ0n) is 13.9. The number of H-pyrrole nitrogens is 1. The maximum absolute atomic E-state index is 12.6. The maximum Gasteiger partial charge on any atom is 0.431 e. The molecule has 1 heterocycles. The Morgan fingerprint density at radius 2 is 1.92 bits per heavy atom. The number of hydrogen-bond donors (Lipinski definition) is 3. The van der Waals surface area contributed by atoms with Gasteiger partial charge < -0.3 is 15.4 Å². The van der Waals surface area contributed by atoms with Crippen molar-refractivity contribution >= 4 is 5.91 Å². The Balaban J connectivity index is 1.86. The number of benzene rings is 1. The van der Waals surface area contributed by atoms with Gasteiger partial charge in [0.1, 0.15) is 11.3 Å². The second-order valence-electron chi connectivity index (χ2n) is 6.36. The van der Waals surface area contributed by atoms with Crippen molar-refractivity contribution in [3.05, 3.63) is 68.6 Å². The van der Waals surface area contributed by atoms with E-state index < -0.39 is 41.0 Å². The number of halogens is 3. The Labute approximate surface area is 146 Å². The van der Waals surface area contributed by atoms with Crippen LogP contribution in [0, 0.1) is 6.92 Å². The van der Waals surface area contributed by atoms with Gasteiger partial charge >= 0.3 is 6.18 Å². The predicted molar refractivity (Wildman–Crippen MR) is 87.6 cm³/mol. The molecule has 1 aliphatic rings. The Morgan fingerprint density at radius 1 is 1.19 bits per heavy atom. The van der Waals surface area contributed by atoms with E-state index in [2.05, 4.69) is 5.32 Å². The largest absolute Gasteiger partial charge is 0.431 e. The molecular weight excluding hydrogens is 349 g/mol. The van der Waals surface area contributed by atoms with Crippen molar-refractivity contribution in [2.75, 3.05) is 0 Å². The summed E-state index contributed by atoms with van der Waals surface area (Å²) >= 11 is 0. The lowest BCUT2D eigenvalue weighted by molar-refractivity contribution is -0.141. The number of aromatic amines is 1. The molecule has 1 aliphatic carbocycles. The van der Waals surface area contributed by atoms with E-state index >= 15 is 0 Å². The molecule has 2 atom stereocenters. The number of fused-ring (bicyclic) bond motifs is 1. The molecule has 0 aliphatic heterocycles. The van der Waals surface area contributed by atoms with Crippen LogP contribution in [-0.4, -0.2) is 16.0 Å². The quantitative estimate of drug-likeness (QED) is 0.764. The number of pyridine rings is 1. The van der Waals surface area contributed by atoms with Gasteiger partial charge in [-0.25, -0.2) is 0 Å². The van der Waals surface area contributed by atoms with Crippen molar-refractivity contribution in [1.29, 1.82) is 0 Å². The summed E-state index contributed by atoms with van der Waals surface area (Å²) in [6.45, 7) is 1.89. The summed E-state index contributed by atoms with van der Waals surface area (Å²) in [7, 11) is 0. The number of aliphatic hydroxyl groups excluding tert-OH is 1. The molecule has 2 aromatic rings. The molecule has 1 amide bonds. The number of nitrogens with one attached hydrogen (secondary N) is 2. The zero-order chi connectivity index (χ0) is 19.1. The predicted octanol–water partition coefficient (Wildman–Crippen LogP) is 3.00. The molecule has 1 aromatic carbocycles. The first kappa shape index (κ1) is 18.2. The number of aromatic nitrogens is 1. The van der Waals surface area contributed by atoms with Gasteiger partial charge in [0.15, 0.2) is 0 Å². The number of aliphatic hydroxyl groups is 1. The highest BCUT2D eigenvalue weighted by atomic mass is 19.4. The minimum absolute atomic E-state index is 0.391. The van der Waals surface area contributed by atoms with Crippen molar-refractivity contribution in [3.63, 3.8) is 0 Å². The van der Waals surface area contributed by atoms with E-state index in [0.717, 1.165) is 17.2 Å². The second-order valence-corrected chi connectivity index (χ2v) is 6.36. The summed E-state index contributed by atoms with van der Waals surface area (Å²) in [6.07, 6.45) is -4.43. The Bertz CT molecular complexity index is 905. The third-order valence-electron chi connectivity index (χ3n) is 4.47. The highest BCUT2D eigenvalue weighted by Gasteiger charge is 2.33. The van der Waals surface area contributed by atoms with Gasteiger partial charge in [-0.05, 0) is 43.0 Å². The second kappa shape index (κ2) is 6.60. The highest BCUT2D eigenvalue weighted by Crippen LogP contribution is 2.36. The fourth-order valence-corrected chi connectivity index (χ4v) is 3.14. The van der Waals surface area contributed by atoms with Crippen LogP contribution in [0.2, 0.25) is 0 Å². The summed E-state index contributed by atoms with van der Waals surface area (Å²) in [6, 6.07) is 6.59. The van der Waals surface area contributed by atoms with Crippen molar-refractivity contribution in [2.24, 2.45) is 0 Å². The molecule has 1 aromatic heterocycles. The summed E-state index contributed by atoms with van der Waals surface area (Å²) in [5.74, 6) is -0.757. The van der Waals surface area contributed by atoms with E-state index in [-0.39, 0.29) is 0 Å². The number of carbonyl (C=O) groups excluding carboxylic acids is 1. The van der Waals surface area contributed by atoms with E-state index in [1.54, 1.807) is 11.1 Å². The topological polar surface area (TPSA) is 82.2 Å². The van der Waals surface area contributed by atoms with Gasteiger partial charge in [-0.15, -0.1) is 0 Å². The average molecular weight is 366 g/mol. The molecule has 5 nitrogen and oxygen atoms in total. The minimum atomic E-state index is -4.69. The Hall–Kier alpha value is -2.61. The number of alkyl halides is 3. The first-order valence-corrected chi connectivity index (χ1v) is 8.06. The lowest BCUT2D eigenvalue weighted by Crippen LogP contribution is -2.35. The van der Waals surface area contributed by atoms with Crippen molar-refractivity contribution in [2.45, 2.75) is 38.1 Å². The average Bonchev–Trinajstić information content (AvgIpc) is 2.56. The fourth-order valence-electron chi connectivity index (χ4n) is 3.14. The van der Waals surface area contributed by atoms with Gasteiger partial charge in [0.25, 0.3) is 11.5 Å². The fraction of sp³-hybridized carbons (Fsp3) is 0.333. The minimum Gasteiger partial charge on any atom is -0.388 e. The first-order valence-electron chi connectivity index (χ1n) is 8.06. The molecule has 3 N–H and O–H groups in total. The van der Waals surface area contributed by atoms with Crippen LogP contribution in [0.15, 0.2) is 35.1 Å². The number of amides is 1. The van der Waals surface area contributed by atoms with E-state index in [4.69, 9.17) is 0 Å². The van der Waals surface area contributed by atoms with Crippen LogP contribution >= 0.6 is 0 Å². The number of rotatable bonds is 2. The zero-order valence-corrected chi connectivity index (χ0v) is 13.9. The highest BCUT2D eigenvalue weighted by molar-refractivity contribution is 5.94. The third-order valence-corrected chi connectivity index (χ3v) is 4.47. The van der Waals surface area contributed by atoms with E-state index in [0.29, 0.717) is 24.5 Å². The van der Waals surface area contributed by atoms with Crippen LogP contribution in [-0.2, 0) is 6.18 Å². The first-order chi connectivity index (χ1) is 12.2. The van der Waals surface area contributed by atoms with Crippen LogP contribution in [0.25, 0.3) is 0 Å². The van der Waals surface area contributed by atoms with Gasteiger partial charge in [-0.2, -0.15) is 13.2 Å². The number of carbonyl (C=O) groups is 1. The molecule has 3 rings (SSSR count). The molecule has 0 saturated carbocycles. The Morgan fingerprint density at radius 3 is 2.58 bits per heavy atom. The summed E-state index contributed by atoms with van der Waals surface area (Å²) in [4.78, 5) is 25.9. The molecular formula is C18H17F3N2O3. The Kier molecular flexibility index (Phi) is 4.62. The van der Waals surface area contributed by atoms with Gasteiger partial charge in [-0.1, -0.05) is 23.8 Å². The van der Waals surface area contributed by atoms with Crippen LogP contribution in [0.3, 0.4) is 0 Å². The lowest BCUT2D eigenvalue weighted by atomic mass is 9.84. The van der Waals surface area contributed by atoms with Crippen molar-refractivity contribution in [1.82, 2.24) is 10.3 Å². The molecule has 0 bridgehead atoms. The van der Waals surface area contributed by atoms with Crippen molar-refractivity contribution < 1.29 is 23.1 Å². The van der Waals surface area contributed by atoms with E-state index in [9.17, 15) is 27.9 Å². The van der Waals surface area contributed by atoms with Crippen LogP contribution in [0.4, 0.5) is 13.2 Å². The molecule has 138 valence electrons. The van der Waals surface area contributed by atoms with E-state index in [1.165, 1.54) is 0 Å². The standard InChI is InChI=1S/C18H17F3N2O3/c1-9-2-3-10-12(8-9)14(24)6-5-13(10)22-16(25)11-4-7-15(18(19,20)21)23-17(11)26/h2-4,7-8,13-14,24H,5-6H2,1H3,(H,22,25)(H,23,26)/t13-,14+/m1/s1. The summed E-state index contributed by atoms with van der Waals surface area (Å²) in [5, 5.41) is 12.8. The number of hydrogen-bond acceptors (Lipinski definition) is 3. The van der Waals surface area contributed by atoms with E-state index in [1.807, 2.05) is 19.1 Å². The maximum atomic E-state index is 12.6. The van der Waals surface area contributed by atoms with Gasteiger partial charge in [0, 0.05) is 0 Å². The normalized spacial score (nSPS) is 19.7. The molecule has 26 heavy (non-hydrogen) atoms. The monoisotopic (exact) mass is 366 g/mol. The number of aryl methyl sites for hydroxylation is 1. The molecule has 0 fully saturated rings. The summed E-state index contributed by atoms with van der Waals surface area (Å²) in [5.41, 5.74) is -0.279. The smallest absolute Gasteiger partial charge is 0.388 e. The lowest BCUT2D eigenvalue weighted by Gasteiger charge is -2.30. The summed E-state index contributed by atoms with van der Waals surface area (Å²) < 4.78 is 37.8.